The van der Waals surface area contributed by atoms with Crippen molar-refractivity contribution >= 4 is 0 Å². The second kappa shape index (κ2) is 7.67. The number of aromatic nitrogens is 2. The highest BCUT2D eigenvalue weighted by Gasteiger charge is 2.23. The molecule has 1 aliphatic heterocycles. The van der Waals surface area contributed by atoms with Gasteiger partial charge in [0.25, 0.3) is 0 Å². The van der Waals surface area contributed by atoms with E-state index in [4.69, 9.17) is 10.5 Å². The van der Waals surface area contributed by atoms with E-state index < -0.39 is 0 Å². The molecule has 2 heterocycles. The van der Waals surface area contributed by atoms with E-state index in [2.05, 4.69) is 28.7 Å². The molecule has 2 atom stereocenters. The zero-order valence-corrected chi connectivity index (χ0v) is 12.6. The summed E-state index contributed by atoms with van der Waals surface area (Å²) in [6.45, 7) is 8.06. The molecule has 5 heteroatoms. The Hall–Kier alpha value is -1.04. The summed E-state index contributed by atoms with van der Waals surface area (Å²) in [7, 11) is 0. The molecule has 0 amide bonds. The lowest BCUT2D eigenvalue weighted by Crippen LogP contribution is -2.39. The van der Waals surface area contributed by atoms with E-state index in [1.807, 2.05) is 12.3 Å². The van der Waals surface area contributed by atoms with Gasteiger partial charge in [0.05, 0.1) is 6.61 Å². The molecule has 2 rings (SSSR count). The molecule has 1 aromatic rings. The van der Waals surface area contributed by atoms with Gasteiger partial charge < -0.3 is 10.5 Å². The lowest BCUT2D eigenvalue weighted by molar-refractivity contribution is -0.0343. The predicted molar refractivity (Wildman–Crippen MR) is 79.4 cm³/mol. The van der Waals surface area contributed by atoms with E-state index in [1.165, 1.54) is 6.42 Å². The third-order valence-corrected chi connectivity index (χ3v) is 3.71. The van der Waals surface area contributed by atoms with Crippen LogP contribution < -0.4 is 5.73 Å². The third kappa shape index (κ3) is 4.23. The van der Waals surface area contributed by atoms with Crippen molar-refractivity contribution in [3.05, 3.63) is 23.8 Å². The number of nitrogens with two attached hydrogens (primary N) is 1. The molecular weight excluding hydrogens is 252 g/mol. The summed E-state index contributed by atoms with van der Waals surface area (Å²) in [6.07, 6.45) is 4.75. The topological polar surface area (TPSA) is 64.3 Å². The first-order valence-electron chi connectivity index (χ1n) is 7.64. The highest BCUT2D eigenvalue weighted by atomic mass is 16.5. The number of hydrogen-bond acceptors (Lipinski definition) is 5. The van der Waals surface area contributed by atoms with Gasteiger partial charge in [-0.2, -0.15) is 0 Å². The third-order valence-electron chi connectivity index (χ3n) is 3.71. The molecule has 2 unspecified atom stereocenters. The summed E-state index contributed by atoms with van der Waals surface area (Å²) < 4.78 is 5.83. The molecule has 5 nitrogen and oxygen atoms in total. The van der Waals surface area contributed by atoms with Crippen LogP contribution >= 0.6 is 0 Å². The minimum Gasteiger partial charge on any atom is -0.368 e. The van der Waals surface area contributed by atoms with Crippen LogP contribution in [0.25, 0.3) is 0 Å². The average Bonchev–Trinajstić information content (AvgIpc) is 2.48. The first kappa shape index (κ1) is 15.4. The zero-order valence-electron chi connectivity index (χ0n) is 12.6. The van der Waals surface area contributed by atoms with Gasteiger partial charge in [-0.3, -0.25) is 4.90 Å². The van der Waals surface area contributed by atoms with E-state index in [1.54, 1.807) is 0 Å². The van der Waals surface area contributed by atoms with Crippen molar-refractivity contribution in [2.75, 3.05) is 26.2 Å². The Balaban J connectivity index is 2.02. The van der Waals surface area contributed by atoms with Crippen molar-refractivity contribution in [1.29, 1.82) is 0 Å². The SMILES string of the molecule is CCCN1CCOC(c2nccc(CC(N)CC)n2)C1. The van der Waals surface area contributed by atoms with Crippen molar-refractivity contribution in [3.63, 3.8) is 0 Å². The Kier molecular flexibility index (Phi) is 5.88. The van der Waals surface area contributed by atoms with Crippen LogP contribution in [0.3, 0.4) is 0 Å². The summed E-state index contributed by atoms with van der Waals surface area (Å²) >= 11 is 0. The van der Waals surface area contributed by atoms with Crippen molar-refractivity contribution in [3.8, 4) is 0 Å². The standard InChI is InChI=1S/C15H26N4O/c1-3-7-19-8-9-20-14(11-19)15-17-6-5-13(18-15)10-12(16)4-2/h5-6,12,14H,3-4,7-11,16H2,1-2H3. The van der Waals surface area contributed by atoms with Crippen molar-refractivity contribution < 1.29 is 4.74 Å². The van der Waals surface area contributed by atoms with Crippen LogP contribution in [0.15, 0.2) is 12.3 Å². The van der Waals surface area contributed by atoms with E-state index in [0.717, 1.165) is 50.6 Å². The molecule has 1 saturated heterocycles. The van der Waals surface area contributed by atoms with Crippen LogP contribution in [0, 0.1) is 0 Å². The van der Waals surface area contributed by atoms with E-state index in [-0.39, 0.29) is 12.1 Å². The monoisotopic (exact) mass is 278 g/mol. The van der Waals surface area contributed by atoms with Gasteiger partial charge in [-0.25, -0.2) is 9.97 Å². The normalized spacial score (nSPS) is 21.9. The highest BCUT2D eigenvalue weighted by Crippen LogP contribution is 2.19. The number of hydrogen-bond donors (Lipinski definition) is 1. The van der Waals surface area contributed by atoms with Crippen LogP contribution in [0.2, 0.25) is 0 Å². The molecule has 1 aromatic heterocycles. The Morgan fingerprint density at radius 1 is 1.50 bits per heavy atom. The van der Waals surface area contributed by atoms with E-state index >= 15 is 0 Å². The molecule has 0 bridgehead atoms. The lowest BCUT2D eigenvalue weighted by atomic mass is 10.1. The zero-order chi connectivity index (χ0) is 14.4. The number of morpholine rings is 1. The summed E-state index contributed by atoms with van der Waals surface area (Å²) in [5, 5.41) is 0. The van der Waals surface area contributed by atoms with Gasteiger partial charge in [0.2, 0.25) is 0 Å². The molecule has 0 radical (unpaired) electrons. The second-order valence-corrected chi connectivity index (χ2v) is 5.44. The van der Waals surface area contributed by atoms with Gasteiger partial charge in [-0.1, -0.05) is 13.8 Å². The van der Waals surface area contributed by atoms with Gasteiger partial charge in [0.15, 0.2) is 5.82 Å². The lowest BCUT2D eigenvalue weighted by Gasteiger charge is -2.31. The van der Waals surface area contributed by atoms with E-state index in [0.29, 0.717) is 0 Å². The molecule has 112 valence electrons. The minimum atomic E-state index is -0.00639. The number of nitrogens with zero attached hydrogens (tertiary/aromatic N) is 3. The maximum Gasteiger partial charge on any atom is 0.158 e. The average molecular weight is 278 g/mol. The maximum absolute atomic E-state index is 6.00. The maximum atomic E-state index is 6.00. The smallest absolute Gasteiger partial charge is 0.158 e. The quantitative estimate of drug-likeness (QED) is 0.855. The summed E-state index contributed by atoms with van der Waals surface area (Å²) in [5.41, 5.74) is 7.01. The van der Waals surface area contributed by atoms with Gasteiger partial charge in [-0.15, -0.1) is 0 Å². The van der Waals surface area contributed by atoms with E-state index in [9.17, 15) is 0 Å². The molecule has 0 aromatic carbocycles. The Morgan fingerprint density at radius 3 is 3.10 bits per heavy atom. The Bertz CT molecular complexity index is 411. The van der Waals surface area contributed by atoms with Gasteiger partial charge in [0.1, 0.15) is 6.10 Å². The van der Waals surface area contributed by atoms with Crippen molar-refractivity contribution in [2.24, 2.45) is 5.73 Å². The molecule has 1 aliphatic rings. The first-order chi connectivity index (χ1) is 9.72. The fourth-order valence-electron chi connectivity index (χ4n) is 2.47. The Labute approximate surface area is 121 Å². The van der Waals surface area contributed by atoms with Gasteiger partial charge in [0, 0.05) is 37.4 Å². The molecule has 0 saturated carbocycles. The largest absolute Gasteiger partial charge is 0.368 e. The molecule has 20 heavy (non-hydrogen) atoms. The minimum absolute atomic E-state index is 0.00639. The summed E-state index contributed by atoms with van der Waals surface area (Å²) in [4.78, 5) is 11.4. The van der Waals surface area contributed by atoms with Gasteiger partial charge >= 0.3 is 0 Å². The van der Waals surface area contributed by atoms with Crippen LogP contribution in [-0.2, 0) is 11.2 Å². The highest BCUT2D eigenvalue weighted by molar-refractivity contribution is 5.06. The number of rotatable bonds is 6. The van der Waals surface area contributed by atoms with Crippen LogP contribution in [-0.4, -0.2) is 47.2 Å². The van der Waals surface area contributed by atoms with Crippen LogP contribution in [0.4, 0.5) is 0 Å². The predicted octanol–water partition coefficient (Wildman–Crippen LogP) is 1.54. The molecular formula is C15H26N4O. The van der Waals surface area contributed by atoms with Gasteiger partial charge in [-0.05, 0) is 25.5 Å². The van der Waals surface area contributed by atoms with Crippen LogP contribution in [0.5, 0.6) is 0 Å². The number of ether oxygens (including phenoxy) is 1. The summed E-state index contributed by atoms with van der Waals surface area (Å²) in [6, 6.07) is 2.12. The molecule has 2 N–H and O–H groups in total. The molecule has 1 fully saturated rings. The Morgan fingerprint density at radius 2 is 2.35 bits per heavy atom. The van der Waals surface area contributed by atoms with Crippen molar-refractivity contribution in [2.45, 2.75) is 45.3 Å². The van der Waals surface area contributed by atoms with Crippen molar-refractivity contribution in [1.82, 2.24) is 14.9 Å². The fraction of sp³-hybridized carbons (Fsp3) is 0.733. The molecule has 0 aliphatic carbocycles. The second-order valence-electron chi connectivity index (χ2n) is 5.44. The fourth-order valence-corrected chi connectivity index (χ4v) is 2.47. The first-order valence-corrected chi connectivity index (χ1v) is 7.64. The molecule has 0 spiro atoms. The van der Waals surface area contributed by atoms with Crippen LogP contribution in [0.1, 0.15) is 44.3 Å². The summed E-state index contributed by atoms with van der Waals surface area (Å²) in [5.74, 6) is 0.798.